The van der Waals surface area contributed by atoms with Gasteiger partial charge in [0.25, 0.3) is 0 Å². The molecule has 0 amide bonds. The number of carbonyl (C=O) groups is 2. The van der Waals surface area contributed by atoms with E-state index in [4.69, 9.17) is 10.8 Å². The van der Waals surface area contributed by atoms with Crippen LogP contribution in [-0.2, 0) is 9.59 Å². The van der Waals surface area contributed by atoms with E-state index in [-0.39, 0.29) is 41.8 Å². The zero-order valence-electron chi connectivity index (χ0n) is 13.8. The van der Waals surface area contributed by atoms with E-state index in [0.29, 0.717) is 0 Å². The standard InChI is InChI=1S/C17H33NO3.Na.H/c1-3-4-5-6-7-8-9-10-11-12-13-14-15(19)17(2,18)16(20)21;;/h3-14,18H2,1-2H3,(H,20,21);;. The van der Waals surface area contributed by atoms with Crippen LogP contribution in [0.15, 0.2) is 0 Å². The Labute approximate surface area is 157 Å². The van der Waals surface area contributed by atoms with Crippen molar-refractivity contribution in [2.24, 2.45) is 5.73 Å². The summed E-state index contributed by atoms with van der Waals surface area (Å²) in [6.07, 6.45) is 13.6. The maximum absolute atomic E-state index is 11.7. The Kier molecular flexibility index (Phi) is 16.2. The second-order valence-corrected chi connectivity index (χ2v) is 6.22. The molecule has 1 unspecified atom stereocenters. The molecule has 0 radical (unpaired) electrons. The number of rotatable bonds is 14. The second-order valence-electron chi connectivity index (χ2n) is 6.22. The van der Waals surface area contributed by atoms with Crippen molar-refractivity contribution in [1.82, 2.24) is 0 Å². The molecule has 0 bridgehead atoms. The summed E-state index contributed by atoms with van der Waals surface area (Å²) in [5, 5.41) is 8.84. The van der Waals surface area contributed by atoms with E-state index in [0.717, 1.165) is 19.3 Å². The number of nitrogens with two attached hydrogens (primary N) is 1. The Bertz CT molecular complexity index is 306. The Hall–Kier alpha value is 0.100. The molecule has 0 aromatic carbocycles. The van der Waals surface area contributed by atoms with E-state index < -0.39 is 11.5 Å². The van der Waals surface area contributed by atoms with Crippen molar-refractivity contribution in [1.29, 1.82) is 0 Å². The molecule has 126 valence electrons. The number of carboxylic acid groups (broad SMARTS) is 1. The van der Waals surface area contributed by atoms with Gasteiger partial charge in [0.15, 0.2) is 11.3 Å². The van der Waals surface area contributed by atoms with Gasteiger partial charge in [0.2, 0.25) is 0 Å². The molecule has 0 aromatic rings. The summed E-state index contributed by atoms with van der Waals surface area (Å²) >= 11 is 0. The predicted molar refractivity (Wildman–Crippen MR) is 93.5 cm³/mol. The number of ketones is 1. The first kappa shape index (κ1) is 24.4. The van der Waals surface area contributed by atoms with Gasteiger partial charge in [0.05, 0.1) is 0 Å². The zero-order valence-corrected chi connectivity index (χ0v) is 13.8. The fourth-order valence-electron chi connectivity index (χ4n) is 2.33. The summed E-state index contributed by atoms with van der Waals surface area (Å²) in [6, 6.07) is 0. The van der Waals surface area contributed by atoms with Crippen molar-refractivity contribution in [3.05, 3.63) is 0 Å². The van der Waals surface area contributed by atoms with Gasteiger partial charge in [-0.1, -0.05) is 71.1 Å². The monoisotopic (exact) mass is 323 g/mol. The number of carbonyl (C=O) groups excluding carboxylic acids is 1. The molecule has 0 aromatic heterocycles. The molecule has 3 N–H and O–H groups in total. The summed E-state index contributed by atoms with van der Waals surface area (Å²) in [5.41, 5.74) is 3.76. The third kappa shape index (κ3) is 11.6. The van der Waals surface area contributed by atoms with Crippen LogP contribution in [0.3, 0.4) is 0 Å². The Morgan fingerprint density at radius 1 is 0.864 bits per heavy atom. The minimum atomic E-state index is -1.72. The van der Waals surface area contributed by atoms with E-state index in [9.17, 15) is 9.59 Å². The Morgan fingerprint density at radius 2 is 1.23 bits per heavy atom. The van der Waals surface area contributed by atoms with Crippen LogP contribution < -0.4 is 5.73 Å². The van der Waals surface area contributed by atoms with Gasteiger partial charge in [-0.2, -0.15) is 0 Å². The number of unbranched alkanes of at least 4 members (excludes halogenated alkanes) is 10. The molecule has 0 heterocycles. The van der Waals surface area contributed by atoms with Crippen LogP contribution in [0.4, 0.5) is 0 Å². The average Bonchev–Trinajstić information content (AvgIpc) is 2.44. The van der Waals surface area contributed by atoms with Gasteiger partial charge >= 0.3 is 35.5 Å². The van der Waals surface area contributed by atoms with Crippen LogP contribution in [-0.4, -0.2) is 52.0 Å². The van der Waals surface area contributed by atoms with Gasteiger partial charge < -0.3 is 10.8 Å². The normalized spacial score (nSPS) is 13.2. The van der Waals surface area contributed by atoms with Crippen LogP contribution in [0.1, 0.15) is 90.9 Å². The van der Waals surface area contributed by atoms with Crippen LogP contribution >= 0.6 is 0 Å². The van der Waals surface area contributed by atoms with Crippen LogP contribution in [0.25, 0.3) is 0 Å². The first-order valence-corrected chi connectivity index (χ1v) is 8.48. The summed E-state index contributed by atoms with van der Waals surface area (Å²) < 4.78 is 0. The number of carboxylic acids is 1. The number of aliphatic carboxylic acids is 1. The third-order valence-electron chi connectivity index (χ3n) is 4.03. The molecular formula is C17H34NNaO3. The van der Waals surface area contributed by atoms with Gasteiger partial charge in [-0.3, -0.25) is 4.79 Å². The maximum atomic E-state index is 11.7. The molecule has 0 rings (SSSR count). The summed E-state index contributed by atoms with van der Waals surface area (Å²) in [7, 11) is 0. The van der Waals surface area contributed by atoms with Crippen molar-refractivity contribution in [2.45, 2.75) is 96.4 Å². The SMILES string of the molecule is CCCCCCCCCCCCCC(=O)C(C)(N)C(=O)O.[NaH]. The topological polar surface area (TPSA) is 80.4 Å². The van der Waals surface area contributed by atoms with Crippen molar-refractivity contribution >= 4 is 41.3 Å². The van der Waals surface area contributed by atoms with Crippen LogP contribution in [0, 0.1) is 0 Å². The Balaban J connectivity index is 0. The quantitative estimate of drug-likeness (QED) is 0.292. The predicted octanol–water partition coefficient (Wildman–Crippen LogP) is 3.41. The van der Waals surface area contributed by atoms with Crippen molar-refractivity contribution in [3.63, 3.8) is 0 Å². The third-order valence-corrected chi connectivity index (χ3v) is 4.03. The molecule has 0 aliphatic carbocycles. The molecule has 5 heteroatoms. The summed E-state index contributed by atoms with van der Waals surface area (Å²) in [6.45, 7) is 3.50. The minimum absolute atomic E-state index is 0. The molecule has 4 nitrogen and oxygen atoms in total. The van der Waals surface area contributed by atoms with Gasteiger partial charge in [-0.25, -0.2) is 4.79 Å². The first-order chi connectivity index (χ1) is 9.92. The van der Waals surface area contributed by atoms with E-state index in [2.05, 4.69) is 6.92 Å². The second kappa shape index (κ2) is 14.7. The van der Waals surface area contributed by atoms with E-state index >= 15 is 0 Å². The number of hydrogen-bond acceptors (Lipinski definition) is 3. The molecule has 1 atom stereocenters. The van der Waals surface area contributed by atoms with Gasteiger partial charge in [0.1, 0.15) is 0 Å². The van der Waals surface area contributed by atoms with E-state index in [1.807, 2.05) is 0 Å². The summed E-state index contributed by atoms with van der Waals surface area (Å²) in [5.74, 6) is -1.61. The fraction of sp³-hybridized carbons (Fsp3) is 0.882. The van der Waals surface area contributed by atoms with Crippen molar-refractivity contribution in [2.75, 3.05) is 0 Å². The number of Topliss-reactive ketones (excluding diaryl/α,β-unsaturated/α-hetero) is 1. The molecule has 0 aliphatic heterocycles. The van der Waals surface area contributed by atoms with Crippen LogP contribution in [0.2, 0.25) is 0 Å². The fourth-order valence-corrected chi connectivity index (χ4v) is 2.33. The van der Waals surface area contributed by atoms with Gasteiger partial charge in [0, 0.05) is 6.42 Å². The number of hydrogen-bond donors (Lipinski definition) is 2. The molecular weight excluding hydrogens is 289 g/mol. The molecule has 0 fully saturated rings. The zero-order chi connectivity index (χ0) is 16.1. The van der Waals surface area contributed by atoms with Crippen molar-refractivity contribution < 1.29 is 14.7 Å². The first-order valence-electron chi connectivity index (χ1n) is 8.48. The molecule has 22 heavy (non-hydrogen) atoms. The van der Waals surface area contributed by atoms with Gasteiger partial charge in [-0.15, -0.1) is 0 Å². The van der Waals surface area contributed by atoms with Crippen LogP contribution in [0.5, 0.6) is 0 Å². The van der Waals surface area contributed by atoms with E-state index in [1.165, 1.54) is 58.3 Å². The molecule has 0 saturated heterocycles. The van der Waals surface area contributed by atoms with Gasteiger partial charge in [-0.05, 0) is 13.3 Å². The summed E-state index contributed by atoms with van der Waals surface area (Å²) in [4.78, 5) is 22.5. The molecule has 0 saturated carbocycles. The molecule has 0 spiro atoms. The average molecular weight is 323 g/mol. The molecule has 0 aliphatic rings. The van der Waals surface area contributed by atoms with E-state index in [1.54, 1.807) is 0 Å². The Morgan fingerprint density at radius 3 is 1.59 bits per heavy atom. The van der Waals surface area contributed by atoms with Crippen molar-refractivity contribution in [3.8, 4) is 0 Å².